The van der Waals surface area contributed by atoms with Crippen LogP contribution in [0.4, 0.5) is 5.95 Å². The maximum atomic E-state index is 8.76. The number of nitrogens with zero attached hydrogens (tertiary/aromatic N) is 3. The second kappa shape index (κ2) is 6.50. The first-order chi connectivity index (χ1) is 9.29. The minimum absolute atomic E-state index is 0.383. The molecule has 1 aromatic heterocycles. The lowest BCUT2D eigenvalue weighted by molar-refractivity contribution is 0.703. The van der Waals surface area contributed by atoms with Crippen molar-refractivity contribution in [2.45, 2.75) is 19.3 Å². The minimum Gasteiger partial charge on any atom is -0.354 e. The fraction of sp³-hybridized carbons (Fsp3) is 0.267. The molecular formula is C15H16N4. The number of nitrogens with one attached hydrogen (secondary N) is 1. The van der Waals surface area contributed by atoms with Crippen LogP contribution in [0.1, 0.15) is 30.5 Å². The van der Waals surface area contributed by atoms with Gasteiger partial charge in [-0.15, -0.1) is 0 Å². The Morgan fingerprint density at radius 3 is 2.79 bits per heavy atom. The average molecular weight is 252 g/mol. The van der Waals surface area contributed by atoms with Crippen molar-refractivity contribution < 1.29 is 0 Å². The predicted octanol–water partition coefficient (Wildman–Crippen LogP) is 2.95. The first-order valence-electron chi connectivity index (χ1n) is 6.31. The summed E-state index contributed by atoms with van der Waals surface area (Å²) in [7, 11) is 0. The number of benzene rings is 1. The third kappa shape index (κ3) is 3.78. The van der Waals surface area contributed by atoms with Gasteiger partial charge in [-0.1, -0.05) is 37.3 Å². The molecule has 1 heterocycles. The summed E-state index contributed by atoms with van der Waals surface area (Å²) >= 11 is 0. The van der Waals surface area contributed by atoms with Gasteiger partial charge < -0.3 is 5.32 Å². The molecule has 4 nitrogen and oxygen atoms in total. The lowest BCUT2D eigenvalue weighted by Crippen LogP contribution is -2.08. The van der Waals surface area contributed by atoms with Gasteiger partial charge >= 0.3 is 0 Å². The van der Waals surface area contributed by atoms with Crippen molar-refractivity contribution in [3.63, 3.8) is 0 Å². The third-order valence-corrected chi connectivity index (χ3v) is 3.00. The average Bonchev–Trinajstić information content (AvgIpc) is 2.48. The largest absolute Gasteiger partial charge is 0.354 e. The molecule has 0 saturated carbocycles. The van der Waals surface area contributed by atoms with Crippen LogP contribution in [0.15, 0.2) is 42.6 Å². The first-order valence-corrected chi connectivity index (χ1v) is 6.31. The normalized spacial score (nSPS) is 11.6. The second-order valence-electron chi connectivity index (χ2n) is 4.40. The molecule has 2 rings (SSSR count). The highest BCUT2D eigenvalue weighted by molar-refractivity contribution is 5.30. The number of anilines is 1. The smallest absolute Gasteiger partial charge is 0.223 e. The molecule has 0 saturated heterocycles. The molecule has 1 unspecified atom stereocenters. The Morgan fingerprint density at radius 2 is 2.05 bits per heavy atom. The Labute approximate surface area is 113 Å². The van der Waals surface area contributed by atoms with Crippen LogP contribution >= 0.6 is 0 Å². The van der Waals surface area contributed by atoms with E-state index in [-0.39, 0.29) is 0 Å². The standard InChI is InChI=1S/C15H16N4/c1-12(13-5-3-2-4-6-13)7-9-17-15-18-10-8-14(11-16)19-15/h2-6,8,10,12H,7,9H2,1H3,(H,17,18,19). The molecule has 4 heteroatoms. The summed E-state index contributed by atoms with van der Waals surface area (Å²) in [5.41, 5.74) is 1.71. The maximum Gasteiger partial charge on any atom is 0.223 e. The second-order valence-corrected chi connectivity index (χ2v) is 4.40. The van der Waals surface area contributed by atoms with E-state index in [9.17, 15) is 0 Å². The molecule has 0 amide bonds. The summed E-state index contributed by atoms with van der Waals surface area (Å²) in [6.07, 6.45) is 2.58. The Hall–Kier alpha value is -2.41. The number of nitriles is 1. The lowest BCUT2D eigenvalue weighted by atomic mass is 9.98. The van der Waals surface area contributed by atoms with Crippen molar-refractivity contribution in [1.29, 1.82) is 5.26 Å². The van der Waals surface area contributed by atoms with E-state index in [1.54, 1.807) is 12.3 Å². The Morgan fingerprint density at radius 1 is 1.26 bits per heavy atom. The molecule has 0 aliphatic heterocycles. The number of hydrogen-bond acceptors (Lipinski definition) is 4. The van der Waals surface area contributed by atoms with Gasteiger partial charge in [0.05, 0.1) is 0 Å². The Kier molecular flexibility index (Phi) is 4.46. The topological polar surface area (TPSA) is 61.6 Å². The van der Waals surface area contributed by atoms with Crippen molar-refractivity contribution in [2.24, 2.45) is 0 Å². The van der Waals surface area contributed by atoms with Gasteiger partial charge in [-0.2, -0.15) is 5.26 Å². The van der Waals surface area contributed by atoms with Crippen LogP contribution < -0.4 is 5.32 Å². The van der Waals surface area contributed by atoms with Crippen LogP contribution in [0.2, 0.25) is 0 Å². The van der Waals surface area contributed by atoms with Gasteiger partial charge in [-0.3, -0.25) is 0 Å². The van der Waals surface area contributed by atoms with Crippen molar-refractivity contribution in [3.05, 3.63) is 53.9 Å². The van der Waals surface area contributed by atoms with Crippen LogP contribution in [0.25, 0.3) is 0 Å². The van der Waals surface area contributed by atoms with Gasteiger partial charge in [0, 0.05) is 12.7 Å². The molecule has 96 valence electrons. The van der Waals surface area contributed by atoms with Crippen molar-refractivity contribution >= 4 is 5.95 Å². The highest BCUT2D eigenvalue weighted by Crippen LogP contribution is 2.18. The van der Waals surface area contributed by atoms with Crippen LogP contribution in [0, 0.1) is 11.3 Å². The van der Waals surface area contributed by atoms with Crippen LogP contribution in [-0.2, 0) is 0 Å². The zero-order chi connectivity index (χ0) is 13.5. The zero-order valence-corrected chi connectivity index (χ0v) is 10.9. The molecule has 0 aliphatic rings. The molecule has 1 atom stereocenters. The van der Waals surface area contributed by atoms with Gasteiger partial charge in [0.25, 0.3) is 0 Å². The third-order valence-electron chi connectivity index (χ3n) is 3.00. The molecule has 1 N–H and O–H groups in total. The summed E-state index contributed by atoms with van der Waals surface area (Å²) in [6.45, 7) is 2.98. The summed E-state index contributed by atoms with van der Waals surface area (Å²) in [6, 6.07) is 14.0. The van der Waals surface area contributed by atoms with Crippen LogP contribution in [0.5, 0.6) is 0 Å². The molecular weight excluding hydrogens is 236 g/mol. The predicted molar refractivity (Wildman–Crippen MR) is 74.7 cm³/mol. The van der Waals surface area contributed by atoms with Gasteiger partial charge in [-0.05, 0) is 24.0 Å². The monoisotopic (exact) mass is 252 g/mol. The molecule has 0 spiro atoms. The van der Waals surface area contributed by atoms with E-state index in [2.05, 4.69) is 46.5 Å². The number of rotatable bonds is 5. The van der Waals surface area contributed by atoms with E-state index < -0.39 is 0 Å². The molecule has 2 aromatic rings. The molecule has 1 aromatic carbocycles. The van der Waals surface area contributed by atoms with Gasteiger partial charge in [0.2, 0.25) is 5.95 Å². The number of hydrogen-bond donors (Lipinski definition) is 1. The van der Waals surface area contributed by atoms with Crippen molar-refractivity contribution in [1.82, 2.24) is 9.97 Å². The summed E-state index contributed by atoms with van der Waals surface area (Å²) in [5, 5.41) is 11.9. The quantitative estimate of drug-likeness (QED) is 0.888. The van der Waals surface area contributed by atoms with E-state index in [1.165, 1.54) is 5.56 Å². The fourth-order valence-corrected chi connectivity index (χ4v) is 1.85. The molecule has 0 fully saturated rings. The highest BCUT2D eigenvalue weighted by atomic mass is 15.1. The summed E-state index contributed by atoms with van der Waals surface area (Å²) in [4.78, 5) is 8.16. The van der Waals surface area contributed by atoms with Crippen molar-refractivity contribution in [3.8, 4) is 6.07 Å². The Bertz CT molecular complexity index is 560. The fourth-order valence-electron chi connectivity index (χ4n) is 1.85. The first kappa shape index (κ1) is 13.0. The van der Waals surface area contributed by atoms with Gasteiger partial charge in [0.15, 0.2) is 0 Å². The summed E-state index contributed by atoms with van der Waals surface area (Å²) in [5.74, 6) is 0.993. The zero-order valence-electron chi connectivity index (χ0n) is 10.9. The molecule has 0 aliphatic carbocycles. The number of aromatic nitrogens is 2. The van der Waals surface area contributed by atoms with E-state index in [0.717, 1.165) is 13.0 Å². The molecule has 0 bridgehead atoms. The SMILES string of the molecule is CC(CCNc1nccc(C#N)n1)c1ccccc1. The lowest BCUT2D eigenvalue weighted by Gasteiger charge is -2.12. The molecule has 0 radical (unpaired) electrons. The minimum atomic E-state index is 0.383. The van der Waals surface area contributed by atoms with Crippen LogP contribution in [-0.4, -0.2) is 16.5 Å². The Balaban J connectivity index is 1.85. The van der Waals surface area contributed by atoms with E-state index in [4.69, 9.17) is 5.26 Å². The van der Waals surface area contributed by atoms with Crippen molar-refractivity contribution in [2.75, 3.05) is 11.9 Å². The van der Waals surface area contributed by atoms with E-state index in [0.29, 0.717) is 17.6 Å². The van der Waals surface area contributed by atoms with E-state index in [1.807, 2.05) is 12.1 Å². The maximum absolute atomic E-state index is 8.76. The van der Waals surface area contributed by atoms with Crippen LogP contribution in [0.3, 0.4) is 0 Å². The highest BCUT2D eigenvalue weighted by Gasteiger charge is 2.05. The summed E-state index contributed by atoms with van der Waals surface area (Å²) < 4.78 is 0. The van der Waals surface area contributed by atoms with Gasteiger partial charge in [0.1, 0.15) is 11.8 Å². The van der Waals surface area contributed by atoms with E-state index >= 15 is 0 Å². The molecule has 19 heavy (non-hydrogen) atoms. The van der Waals surface area contributed by atoms with Gasteiger partial charge in [-0.25, -0.2) is 9.97 Å².